The first kappa shape index (κ1) is 14.0. The van der Waals surface area contributed by atoms with E-state index in [2.05, 4.69) is 14.9 Å². The highest BCUT2D eigenvalue weighted by molar-refractivity contribution is 5.99. The lowest BCUT2D eigenvalue weighted by molar-refractivity contribution is -0.141. The van der Waals surface area contributed by atoms with Crippen LogP contribution in [-0.4, -0.2) is 41.9 Å². The van der Waals surface area contributed by atoms with E-state index < -0.39 is 0 Å². The standard InChI is InChI=1S/C15H19N3O3/c1-21-14(20)8-10-4-6-18(7-5-10)15-16-9-11-12(17-15)2-3-13(11)19/h9-10H,2-8H2,1H3. The fraction of sp³-hybridized carbons (Fsp3) is 0.600. The Kier molecular flexibility index (Phi) is 3.86. The molecule has 1 fully saturated rings. The highest BCUT2D eigenvalue weighted by atomic mass is 16.5. The molecule has 112 valence electrons. The van der Waals surface area contributed by atoms with Gasteiger partial charge in [0.2, 0.25) is 5.95 Å². The number of ether oxygens (including phenoxy) is 1. The Hall–Kier alpha value is -1.98. The third kappa shape index (κ3) is 2.89. The van der Waals surface area contributed by atoms with Crippen molar-refractivity contribution in [3.05, 3.63) is 17.5 Å². The normalized spacial score (nSPS) is 18.7. The van der Waals surface area contributed by atoms with Crippen LogP contribution in [0, 0.1) is 5.92 Å². The van der Waals surface area contributed by atoms with Crippen LogP contribution in [0.4, 0.5) is 5.95 Å². The maximum absolute atomic E-state index is 11.6. The molecule has 0 radical (unpaired) electrons. The minimum atomic E-state index is -0.138. The van der Waals surface area contributed by atoms with Gasteiger partial charge in [0, 0.05) is 32.1 Å². The van der Waals surface area contributed by atoms with E-state index in [0.29, 0.717) is 30.3 Å². The zero-order chi connectivity index (χ0) is 14.8. The summed E-state index contributed by atoms with van der Waals surface area (Å²) >= 11 is 0. The molecule has 0 bridgehead atoms. The largest absolute Gasteiger partial charge is 0.469 e. The van der Waals surface area contributed by atoms with Crippen LogP contribution in [0.1, 0.15) is 41.7 Å². The van der Waals surface area contributed by atoms with E-state index >= 15 is 0 Å². The summed E-state index contributed by atoms with van der Waals surface area (Å²) in [5.74, 6) is 1.10. The van der Waals surface area contributed by atoms with Crippen LogP contribution >= 0.6 is 0 Å². The number of carbonyl (C=O) groups is 2. The lowest BCUT2D eigenvalue weighted by atomic mass is 9.94. The molecule has 1 aliphatic carbocycles. The monoisotopic (exact) mass is 289 g/mol. The number of piperidine rings is 1. The molecular formula is C15H19N3O3. The number of esters is 1. The maximum atomic E-state index is 11.6. The molecular weight excluding hydrogens is 270 g/mol. The average molecular weight is 289 g/mol. The first-order valence-electron chi connectivity index (χ1n) is 7.38. The molecule has 1 saturated heterocycles. The lowest BCUT2D eigenvalue weighted by Gasteiger charge is -2.31. The molecule has 0 saturated carbocycles. The minimum absolute atomic E-state index is 0.138. The predicted molar refractivity (Wildman–Crippen MR) is 76.3 cm³/mol. The van der Waals surface area contributed by atoms with Gasteiger partial charge in [-0.3, -0.25) is 9.59 Å². The molecule has 0 amide bonds. The summed E-state index contributed by atoms with van der Waals surface area (Å²) in [7, 11) is 1.43. The summed E-state index contributed by atoms with van der Waals surface area (Å²) < 4.78 is 4.72. The SMILES string of the molecule is COC(=O)CC1CCN(c2ncc3c(n2)CCC3=O)CC1. The molecule has 6 nitrogen and oxygen atoms in total. The van der Waals surface area contributed by atoms with Gasteiger partial charge in [0.15, 0.2) is 5.78 Å². The molecule has 0 aromatic carbocycles. The van der Waals surface area contributed by atoms with Crippen molar-refractivity contribution in [2.75, 3.05) is 25.1 Å². The number of hydrogen-bond acceptors (Lipinski definition) is 6. The first-order chi connectivity index (χ1) is 10.2. The van der Waals surface area contributed by atoms with Crippen molar-refractivity contribution >= 4 is 17.7 Å². The molecule has 0 unspecified atom stereocenters. The van der Waals surface area contributed by atoms with E-state index in [4.69, 9.17) is 4.74 Å². The van der Waals surface area contributed by atoms with E-state index in [1.165, 1.54) is 7.11 Å². The van der Waals surface area contributed by atoms with Gasteiger partial charge in [0.1, 0.15) is 0 Å². The summed E-state index contributed by atoms with van der Waals surface area (Å²) in [5, 5.41) is 0. The Balaban J connectivity index is 1.62. The number of Topliss-reactive ketones (excluding diaryl/α,β-unsaturated/α-hetero) is 1. The zero-order valence-electron chi connectivity index (χ0n) is 12.2. The second-order valence-corrected chi connectivity index (χ2v) is 5.66. The molecule has 0 N–H and O–H groups in total. The number of aryl methyl sites for hydroxylation is 1. The number of ketones is 1. The third-order valence-electron chi connectivity index (χ3n) is 4.32. The number of aromatic nitrogens is 2. The van der Waals surface area contributed by atoms with E-state index in [9.17, 15) is 9.59 Å². The lowest BCUT2D eigenvalue weighted by Crippen LogP contribution is -2.35. The smallest absolute Gasteiger partial charge is 0.305 e. The highest BCUT2D eigenvalue weighted by Gasteiger charge is 2.26. The third-order valence-corrected chi connectivity index (χ3v) is 4.32. The molecule has 0 atom stereocenters. The minimum Gasteiger partial charge on any atom is -0.469 e. The van der Waals surface area contributed by atoms with E-state index in [0.717, 1.165) is 38.0 Å². The first-order valence-corrected chi connectivity index (χ1v) is 7.38. The van der Waals surface area contributed by atoms with Crippen molar-refractivity contribution in [1.82, 2.24) is 9.97 Å². The van der Waals surface area contributed by atoms with Crippen LogP contribution in [-0.2, 0) is 16.0 Å². The molecule has 1 aromatic heterocycles. The van der Waals surface area contributed by atoms with Crippen LogP contribution < -0.4 is 4.90 Å². The summed E-state index contributed by atoms with van der Waals surface area (Å²) in [5.41, 5.74) is 1.56. The molecule has 2 heterocycles. The summed E-state index contributed by atoms with van der Waals surface area (Å²) in [4.78, 5) is 33.9. The van der Waals surface area contributed by atoms with Crippen LogP contribution in [0.5, 0.6) is 0 Å². The van der Waals surface area contributed by atoms with Crippen molar-refractivity contribution in [3.8, 4) is 0 Å². The Labute approximate surface area is 123 Å². The predicted octanol–water partition coefficient (Wildman–Crippen LogP) is 1.39. The van der Waals surface area contributed by atoms with Crippen LogP contribution in [0.25, 0.3) is 0 Å². The van der Waals surface area contributed by atoms with Crippen molar-refractivity contribution in [2.24, 2.45) is 5.92 Å². The summed E-state index contributed by atoms with van der Waals surface area (Å²) in [6.45, 7) is 1.68. The van der Waals surface area contributed by atoms with Gasteiger partial charge in [-0.25, -0.2) is 9.97 Å². The molecule has 2 aliphatic rings. The number of methoxy groups -OCH3 is 1. The summed E-state index contributed by atoms with van der Waals surface area (Å²) in [6.07, 6.45) is 5.30. The second-order valence-electron chi connectivity index (χ2n) is 5.66. The number of hydrogen-bond donors (Lipinski definition) is 0. The number of anilines is 1. The van der Waals surface area contributed by atoms with Crippen LogP contribution in [0.3, 0.4) is 0 Å². The quantitative estimate of drug-likeness (QED) is 0.783. The van der Waals surface area contributed by atoms with Crippen molar-refractivity contribution in [1.29, 1.82) is 0 Å². The van der Waals surface area contributed by atoms with Crippen molar-refractivity contribution in [2.45, 2.75) is 32.1 Å². The summed E-state index contributed by atoms with van der Waals surface area (Å²) in [6, 6.07) is 0. The molecule has 6 heteroatoms. The number of nitrogens with zero attached hydrogens (tertiary/aromatic N) is 3. The van der Waals surface area contributed by atoms with Gasteiger partial charge in [0.25, 0.3) is 0 Å². The molecule has 3 rings (SSSR count). The molecule has 1 aromatic rings. The maximum Gasteiger partial charge on any atom is 0.305 e. The molecule has 21 heavy (non-hydrogen) atoms. The fourth-order valence-electron chi connectivity index (χ4n) is 3.01. The van der Waals surface area contributed by atoms with E-state index in [-0.39, 0.29) is 11.8 Å². The Bertz CT molecular complexity index is 565. The van der Waals surface area contributed by atoms with Gasteiger partial charge in [0.05, 0.1) is 18.4 Å². The number of carbonyl (C=O) groups excluding carboxylic acids is 2. The molecule has 0 spiro atoms. The number of rotatable bonds is 3. The Morgan fingerprint density at radius 1 is 1.38 bits per heavy atom. The van der Waals surface area contributed by atoms with Gasteiger partial charge in [-0.2, -0.15) is 0 Å². The molecule has 1 aliphatic heterocycles. The van der Waals surface area contributed by atoms with E-state index in [1.807, 2.05) is 0 Å². The van der Waals surface area contributed by atoms with Crippen molar-refractivity contribution in [3.63, 3.8) is 0 Å². The number of fused-ring (bicyclic) bond motifs is 1. The van der Waals surface area contributed by atoms with Gasteiger partial charge >= 0.3 is 5.97 Å². The van der Waals surface area contributed by atoms with Gasteiger partial charge in [-0.15, -0.1) is 0 Å². The Morgan fingerprint density at radius 3 is 2.86 bits per heavy atom. The average Bonchev–Trinajstić information content (AvgIpc) is 2.89. The Morgan fingerprint density at radius 2 is 2.14 bits per heavy atom. The second kappa shape index (κ2) is 5.79. The van der Waals surface area contributed by atoms with Crippen LogP contribution in [0.15, 0.2) is 6.20 Å². The van der Waals surface area contributed by atoms with Crippen molar-refractivity contribution < 1.29 is 14.3 Å². The topological polar surface area (TPSA) is 72.4 Å². The van der Waals surface area contributed by atoms with Gasteiger partial charge < -0.3 is 9.64 Å². The fourth-order valence-corrected chi connectivity index (χ4v) is 3.01. The highest BCUT2D eigenvalue weighted by Crippen LogP contribution is 2.26. The zero-order valence-corrected chi connectivity index (χ0v) is 12.2. The van der Waals surface area contributed by atoms with Gasteiger partial charge in [-0.05, 0) is 25.2 Å². The van der Waals surface area contributed by atoms with Gasteiger partial charge in [-0.1, -0.05) is 0 Å². The van der Waals surface area contributed by atoms with E-state index in [1.54, 1.807) is 6.20 Å². The van der Waals surface area contributed by atoms with Crippen LogP contribution in [0.2, 0.25) is 0 Å².